The second-order valence-corrected chi connectivity index (χ2v) is 6.71. The molecule has 3 aromatic rings. The van der Waals surface area contributed by atoms with E-state index in [0.29, 0.717) is 6.54 Å². The fourth-order valence-electron chi connectivity index (χ4n) is 3.47. The Balaban J connectivity index is 1.40. The van der Waals surface area contributed by atoms with E-state index in [4.69, 9.17) is 0 Å². The molecule has 0 aliphatic carbocycles. The van der Waals surface area contributed by atoms with Crippen LogP contribution in [-0.2, 0) is 19.5 Å². The molecule has 3 heterocycles. The van der Waals surface area contributed by atoms with Gasteiger partial charge in [0.15, 0.2) is 5.96 Å². The molecule has 0 saturated carbocycles. The maximum atomic E-state index is 4.56. The molecule has 1 aliphatic rings. The molecule has 0 bridgehead atoms. The molecule has 0 fully saturated rings. The second kappa shape index (κ2) is 7.61. The van der Waals surface area contributed by atoms with Crippen LogP contribution in [0, 0.1) is 6.92 Å². The summed E-state index contributed by atoms with van der Waals surface area (Å²) >= 11 is 0. The molecular weight excluding hydrogens is 336 g/mol. The summed E-state index contributed by atoms with van der Waals surface area (Å²) in [5, 5.41) is 3.47. The number of rotatable bonds is 3. The van der Waals surface area contributed by atoms with Crippen molar-refractivity contribution in [1.82, 2.24) is 24.8 Å². The van der Waals surface area contributed by atoms with Gasteiger partial charge in [-0.1, -0.05) is 30.3 Å². The van der Waals surface area contributed by atoms with Crippen molar-refractivity contribution >= 4 is 5.96 Å². The van der Waals surface area contributed by atoms with Crippen molar-refractivity contribution in [2.24, 2.45) is 4.99 Å². The van der Waals surface area contributed by atoms with Gasteiger partial charge in [-0.15, -0.1) is 0 Å². The zero-order valence-electron chi connectivity index (χ0n) is 15.8. The fourth-order valence-corrected chi connectivity index (χ4v) is 3.47. The normalized spacial score (nSPS) is 14.1. The lowest BCUT2D eigenvalue weighted by atomic mass is 10.0. The molecule has 2 aromatic heterocycles. The summed E-state index contributed by atoms with van der Waals surface area (Å²) in [5.74, 6) is 2.74. The number of imidazole rings is 1. The molecule has 0 radical (unpaired) electrons. The van der Waals surface area contributed by atoms with E-state index < -0.39 is 0 Å². The van der Waals surface area contributed by atoms with Crippen LogP contribution in [0.1, 0.15) is 22.5 Å². The highest BCUT2D eigenvalue weighted by molar-refractivity contribution is 5.80. The number of hydrogen-bond donors (Lipinski definition) is 1. The lowest BCUT2D eigenvalue weighted by Crippen LogP contribution is -2.43. The van der Waals surface area contributed by atoms with Crippen molar-refractivity contribution < 1.29 is 0 Å². The summed E-state index contributed by atoms with van der Waals surface area (Å²) in [6, 6.07) is 12.8. The highest BCUT2D eigenvalue weighted by Gasteiger charge is 2.18. The minimum absolute atomic E-state index is 0.695. The Morgan fingerprint density at radius 2 is 2.00 bits per heavy atom. The van der Waals surface area contributed by atoms with Crippen molar-refractivity contribution in [2.75, 3.05) is 13.6 Å². The van der Waals surface area contributed by atoms with E-state index in [1.54, 1.807) is 6.20 Å². The summed E-state index contributed by atoms with van der Waals surface area (Å²) in [5.41, 5.74) is 3.95. The van der Waals surface area contributed by atoms with Crippen LogP contribution in [-0.4, -0.2) is 39.0 Å². The molecule has 0 unspecified atom stereocenters. The first-order chi connectivity index (χ1) is 13.2. The van der Waals surface area contributed by atoms with Crippen LogP contribution in [0.15, 0.2) is 60.0 Å². The van der Waals surface area contributed by atoms with Gasteiger partial charge in [0, 0.05) is 45.3 Å². The molecule has 6 nitrogen and oxygen atoms in total. The number of hydrogen-bond acceptors (Lipinski definition) is 3. The molecule has 0 spiro atoms. The van der Waals surface area contributed by atoms with Gasteiger partial charge in [-0.3, -0.25) is 9.56 Å². The number of aromatic nitrogens is 3. The predicted octanol–water partition coefficient (Wildman–Crippen LogP) is 2.71. The quantitative estimate of drug-likeness (QED) is 0.576. The monoisotopic (exact) mass is 360 g/mol. The van der Waals surface area contributed by atoms with Crippen LogP contribution in [0.2, 0.25) is 0 Å². The molecule has 0 saturated heterocycles. The van der Waals surface area contributed by atoms with E-state index in [0.717, 1.165) is 42.7 Å². The van der Waals surface area contributed by atoms with Crippen LogP contribution in [0.3, 0.4) is 0 Å². The fraction of sp³-hybridized carbons (Fsp3) is 0.286. The molecular formula is C21H24N6. The highest BCUT2D eigenvalue weighted by atomic mass is 15.3. The maximum Gasteiger partial charge on any atom is 0.194 e. The van der Waals surface area contributed by atoms with Gasteiger partial charge >= 0.3 is 0 Å². The zero-order valence-corrected chi connectivity index (χ0v) is 15.8. The summed E-state index contributed by atoms with van der Waals surface area (Å²) in [6.45, 7) is 4.54. The number of benzene rings is 1. The molecule has 1 aromatic carbocycles. The number of nitrogens with one attached hydrogen (secondary N) is 1. The number of pyridine rings is 1. The van der Waals surface area contributed by atoms with E-state index in [1.807, 2.05) is 37.0 Å². The van der Waals surface area contributed by atoms with Crippen molar-refractivity contribution in [1.29, 1.82) is 0 Å². The lowest BCUT2D eigenvalue weighted by molar-refractivity contribution is 0.378. The van der Waals surface area contributed by atoms with Gasteiger partial charge in [0.05, 0.1) is 0 Å². The molecule has 6 heteroatoms. The third-order valence-electron chi connectivity index (χ3n) is 4.97. The zero-order chi connectivity index (χ0) is 18.6. The SMILES string of the molecule is CN=C(NCc1ccc(-n2ccnc2C)nc1)N1CCc2ccccc2C1. The molecule has 4 rings (SSSR count). The summed E-state index contributed by atoms with van der Waals surface area (Å²) < 4.78 is 1.97. The van der Waals surface area contributed by atoms with Crippen LogP contribution < -0.4 is 5.32 Å². The lowest BCUT2D eigenvalue weighted by Gasteiger charge is -2.31. The Kier molecular flexibility index (Phi) is 4.87. The summed E-state index contributed by atoms with van der Waals surface area (Å²) in [7, 11) is 1.84. The van der Waals surface area contributed by atoms with Crippen molar-refractivity contribution in [3.63, 3.8) is 0 Å². The van der Waals surface area contributed by atoms with Crippen LogP contribution in [0.25, 0.3) is 5.82 Å². The Morgan fingerprint density at radius 1 is 1.15 bits per heavy atom. The third kappa shape index (κ3) is 3.69. The van der Waals surface area contributed by atoms with Gasteiger partial charge in [-0.25, -0.2) is 9.97 Å². The van der Waals surface area contributed by atoms with Gasteiger partial charge in [-0.2, -0.15) is 0 Å². The topological polar surface area (TPSA) is 58.3 Å². The standard InChI is InChI=1S/C21H24N6/c1-16-23-10-12-27(16)20-8-7-17(13-24-20)14-25-21(22-2)26-11-9-18-5-3-4-6-19(18)15-26/h3-8,10,12-13H,9,11,14-15H2,1-2H3,(H,22,25). The van der Waals surface area contributed by atoms with Crippen LogP contribution in [0.4, 0.5) is 0 Å². The first-order valence-electron chi connectivity index (χ1n) is 9.22. The Bertz CT molecular complexity index is 941. The molecule has 1 N–H and O–H groups in total. The number of fused-ring (bicyclic) bond motifs is 1. The first kappa shape index (κ1) is 17.3. The first-order valence-corrected chi connectivity index (χ1v) is 9.22. The molecule has 0 amide bonds. The van der Waals surface area contributed by atoms with Gasteiger partial charge < -0.3 is 10.2 Å². The van der Waals surface area contributed by atoms with E-state index in [2.05, 4.69) is 55.5 Å². The average molecular weight is 360 g/mol. The smallest absolute Gasteiger partial charge is 0.194 e. The Hall–Kier alpha value is -3.15. The van der Waals surface area contributed by atoms with Crippen molar-refractivity contribution in [2.45, 2.75) is 26.4 Å². The van der Waals surface area contributed by atoms with Crippen molar-refractivity contribution in [3.05, 3.63) is 77.5 Å². The summed E-state index contributed by atoms with van der Waals surface area (Å²) in [6.07, 6.45) is 6.66. The predicted molar refractivity (Wildman–Crippen MR) is 107 cm³/mol. The van der Waals surface area contributed by atoms with E-state index in [1.165, 1.54) is 11.1 Å². The average Bonchev–Trinajstić information content (AvgIpc) is 3.15. The maximum absolute atomic E-state index is 4.56. The molecule has 27 heavy (non-hydrogen) atoms. The minimum atomic E-state index is 0.695. The van der Waals surface area contributed by atoms with E-state index >= 15 is 0 Å². The van der Waals surface area contributed by atoms with E-state index in [-0.39, 0.29) is 0 Å². The van der Waals surface area contributed by atoms with Crippen molar-refractivity contribution in [3.8, 4) is 5.82 Å². The molecule has 1 aliphatic heterocycles. The van der Waals surface area contributed by atoms with Gasteiger partial charge in [0.25, 0.3) is 0 Å². The number of nitrogens with zero attached hydrogens (tertiary/aromatic N) is 5. The van der Waals surface area contributed by atoms with Crippen LogP contribution in [0.5, 0.6) is 0 Å². The van der Waals surface area contributed by atoms with Gasteiger partial charge in [0.2, 0.25) is 0 Å². The largest absolute Gasteiger partial charge is 0.352 e. The second-order valence-electron chi connectivity index (χ2n) is 6.71. The Labute approximate surface area is 159 Å². The third-order valence-corrected chi connectivity index (χ3v) is 4.97. The highest BCUT2D eigenvalue weighted by Crippen LogP contribution is 2.18. The number of aryl methyl sites for hydroxylation is 1. The van der Waals surface area contributed by atoms with Crippen LogP contribution >= 0.6 is 0 Å². The van der Waals surface area contributed by atoms with Gasteiger partial charge in [0.1, 0.15) is 11.6 Å². The van der Waals surface area contributed by atoms with E-state index in [9.17, 15) is 0 Å². The minimum Gasteiger partial charge on any atom is -0.352 e. The number of aliphatic imine (C=N–C) groups is 1. The summed E-state index contributed by atoms with van der Waals surface area (Å²) in [4.78, 5) is 15.6. The Morgan fingerprint density at radius 3 is 2.70 bits per heavy atom. The molecule has 138 valence electrons. The van der Waals surface area contributed by atoms with Gasteiger partial charge in [-0.05, 0) is 36.1 Å². The number of guanidine groups is 1. The molecule has 0 atom stereocenters.